The number of hydrogen-bond donors (Lipinski definition) is 0. The van der Waals surface area contributed by atoms with E-state index in [0.717, 1.165) is 39.4 Å². The van der Waals surface area contributed by atoms with Gasteiger partial charge >= 0.3 is 0 Å². The van der Waals surface area contributed by atoms with Gasteiger partial charge in [-0.3, -0.25) is 4.90 Å². The molecular weight excluding hydrogens is 255 g/mol. The van der Waals surface area contributed by atoms with E-state index in [2.05, 4.69) is 23.9 Å². The van der Waals surface area contributed by atoms with E-state index in [1.54, 1.807) is 12.1 Å². The molecule has 2 fully saturated rings. The van der Waals surface area contributed by atoms with Gasteiger partial charge in [0.05, 0.1) is 13.2 Å². The van der Waals surface area contributed by atoms with E-state index in [9.17, 15) is 4.39 Å². The van der Waals surface area contributed by atoms with E-state index in [1.165, 1.54) is 5.56 Å². The van der Waals surface area contributed by atoms with Gasteiger partial charge in [-0.1, -0.05) is 12.1 Å². The summed E-state index contributed by atoms with van der Waals surface area (Å²) in [6.45, 7) is 5.91. The highest BCUT2D eigenvalue weighted by molar-refractivity contribution is 5.16. The van der Waals surface area contributed by atoms with E-state index in [0.29, 0.717) is 5.92 Å². The zero-order chi connectivity index (χ0) is 14.2. The second-order valence-corrected chi connectivity index (χ2v) is 6.61. The van der Waals surface area contributed by atoms with Crippen LogP contribution in [0.4, 0.5) is 4.39 Å². The third-order valence-corrected chi connectivity index (χ3v) is 4.54. The fourth-order valence-electron chi connectivity index (χ4n) is 3.76. The SMILES string of the molecule is CN(C)C[C@]12COC[C@H]1CN(Cc1ccc(F)cc1)C2. The highest BCUT2D eigenvalue weighted by Gasteiger charge is 2.50. The third kappa shape index (κ3) is 2.73. The lowest BCUT2D eigenvalue weighted by Gasteiger charge is -2.30. The summed E-state index contributed by atoms with van der Waals surface area (Å²) < 4.78 is 18.7. The minimum absolute atomic E-state index is 0.162. The fourth-order valence-corrected chi connectivity index (χ4v) is 3.76. The van der Waals surface area contributed by atoms with Crippen molar-refractivity contribution in [2.45, 2.75) is 6.54 Å². The summed E-state index contributed by atoms with van der Waals surface area (Å²) in [5.41, 5.74) is 1.47. The molecule has 2 atom stereocenters. The van der Waals surface area contributed by atoms with Crippen LogP contribution in [-0.2, 0) is 11.3 Å². The molecular formula is C16H23FN2O. The highest BCUT2D eigenvalue weighted by Crippen LogP contribution is 2.42. The van der Waals surface area contributed by atoms with E-state index in [1.807, 2.05) is 12.1 Å². The molecule has 0 saturated carbocycles. The quantitative estimate of drug-likeness (QED) is 0.836. The standard InChI is InChI=1S/C16H23FN2O/c1-18(2)10-16-11-19(8-14(16)9-20-12-16)7-13-3-5-15(17)6-4-13/h3-6,14H,7-12H2,1-2H3/t14-,16+/m1/s1. The first-order chi connectivity index (χ1) is 9.57. The molecule has 1 aromatic rings. The second kappa shape index (κ2) is 5.43. The van der Waals surface area contributed by atoms with Gasteiger partial charge < -0.3 is 9.64 Å². The van der Waals surface area contributed by atoms with Crippen LogP contribution in [0, 0.1) is 17.2 Å². The Balaban J connectivity index is 1.67. The Labute approximate surface area is 120 Å². The van der Waals surface area contributed by atoms with E-state index in [4.69, 9.17) is 4.74 Å². The highest BCUT2D eigenvalue weighted by atomic mass is 19.1. The summed E-state index contributed by atoms with van der Waals surface area (Å²) in [6, 6.07) is 6.87. The maximum atomic E-state index is 13.0. The minimum atomic E-state index is -0.162. The average Bonchev–Trinajstić information content (AvgIpc) is 2.87. The van der Waals surface area contributed by atoms with Gasteiger partial charge in [-0.2, -0.15) is 0 Å². The number of hydrogen-bond acceptors (Lipinski definition) is 3. The molecule has 0 bridgehead atoms. The van der Waals surface area contributed by atoms with Crippen molar-refractivity contribution < 1.29 is 9.13 Å². The Morgan fingerprint density at radius 3 is 2.80 bits per heavy atom. The molecule has 4 heteroatoms. The van der Waals surface area contributed by atoms with Crippen molar-refractivity contribution in [2.24, 2.45) is 11.3 Å². The number of benzene rings is 1. The summed E-state index contributed by atoms with van der Waals surface area (Å²) >= 11 is 0. The number of halogens is 1. The van der Waals surface area contributed by atoms with Gasteiger partial charge in [-0.05, 0) is 31.8 Å². The van der Waals surface area contributed by atoms with Gasteiger partial charge in [0.15, 0.2) is 0 Å². The smallest absolute Gasteiger partial charge is 0.123 e. The molecule has 20 heavy (non-hydrogen) atoms. The summed E-state index contributed by atoms with van der Waals surface area (Å²) in [5.74, 6) is 0.467. The van der Waals surface area contributed by atoms with Crippen molar-refractivity contribution in [3.8, 4) is 0 Å². The predicted octanol–water partition coefficient (Wildman–Crippen LogP) is 1.84. The molecule has 110 valence electrons. The Morgan fingerprint density at radius 2 is 2.10 bits per heavy atom. The molecule has 0 radical (unpaired) electrons. The number of fused-ring (bicyclic) bond motifs is 1. The molecule has 0 spiro atoms. The van der Waals surface area contributed by atoms with Crippen molar-refractivity contribution in [1.29, 1.82) is 0 Å². The number of likely N-dealkylation sites (tertiary alicyclic amines) is 1. The number of ether oxygens (including phenoxy) is 1. The van der Waals surface area contributed by atoms with Crippen LogP contribution in [-0.4, -0.2) is 56.7 Å². The largest absolute Gasteiger partial charge is 0.380 e. The summed E-state index contributed by atoms with van der Waals surface area (Å²) in [7, 11) is 4.26. The Kier molecular flexibility index (Phi) is 3.80. The number of nitrogens with zero attached hydrogens (tertiary/aromatic N) is 2. The summed E-state index contributed by atoms with van der Waals surface area (Å²) in [6.07, 6.45) is 0. The average molecular weight is 278 g/mol. The lowest BCUT2D eigenvalue weighted by molar-refractivity contribution is 0.109. The van der Waals surface area contributed by atoms with Gasteiger partial charge in [-0.25, -0.2) is 4.39 Å². The molecule has 0 amide bonds. The Hall–Kier alpha value is -0.970. The summed E-state index contributed by atoms with van der Waals surface area (Å²) in [5, 5.41) is 0. The third-order valence-electron chi connectivity index (χ3n) is 4.54. The maximum absolute atomic E-state index is 13.0. The molecule has 3 rings (SSSR count). The first-order valence-electron chi connectivity index (χ1n) is 7.27. The monoisotopic (exact) mass is 278 g/mol. The molecule has 2 heterocycles. The molecule has 1 aromatic carbocycles. The van der Waals surface area contributed by atoms with Gasteiger partial charge in [0.25, 0.3) is 0 Å². The zero-order valence-electron chi connectivity index (χ0n) is 12.3. The molecule has 0 unspecified atom stereocenters. The van der Waals surface area contributed by atoms with Crippen LogP contribution < -0.4 is 0 Å². The van der Waals surface area contributed by atoms with E-state index in [-0.39, 0.29) is 11.2 Å². The molecule has 0 aromatic heterocycles. The van der Waals surface area contributed by atoms with Crippen molar-refractivity contribution >= 4 is 0 Å². The van der Waals surface area contributed by atoms with Crippen LogP contribution in [0.2, 0.25) is 0 Å². The van der Waals surface area contributed by atoms with Gasteiger partial charge in [0, 0.05) is 37.5 Å². The molecule has 2 aliphatic rings. The van der Waals surface area contributed by atoms with Crippen molar-refractivity contribution in [3.05, 3.63) is 35.6 Å². The lowest BCUT2D eigenvalue weighted by Crippen LogP contribution is -2.40. The first-order valence-corrected chi connectivity index (χ1v) is 7.27. The predicted molar refractivity (Wildman–Crippen MR) is 77.0 cm³/mol. The van der Waals surface area contributed by atoms with Crippen LogP contribution in [0.3, 0.4) is 0 Å². The van der Waals surface area contributed by atoms with E-state index >= 15 is 0 Å². The molecule has 2 aliphatic heterocycles. The zero-order valence-corrected chi connectivity index (χ0v) is 12.3. The molecule has 0 N–H and O–H groups in total. The van der Waals surface area contributed by atoms with Gasteiger partial charge in [-0.15, -0.1) is 0 Å². The van der Waals surface area contributed by atoms with Crippen molar-refractivity contribution in [3.63, 3.8) is 0 Å². The lowest BCUT2D eigenvalue weighted by atomic mass is 9.81. The van der Waals surface area contributed by atoms with Gasteiger partial charge in [0.2, 0.25) is 0 Å². The molecule has 2 saturated heterocycles. The van der Waals surface area contributed by atoms with Crippen LogP contribution in [0.25, 0.3) is 0 Å². The van der Waals surface area contributed by atoms with Crippen molar-refractivity contribution in [1.82, 2.24) is 9.80 Å². The Morgan fingerprint density at radius 1 is 1.35 bits per heavy atom. The first kappa shape index (κ1) is 14.0. The normalized spacial score (nSPS) is 30.1. The maximum Gasteiger partial charge on any atom is 0.123 e. The summed E-state index contributed by atoms with van der Waals surface area (Å²) in [4.78, 5) is 4.76. The second-order valence-electron chi connectivity index (χ2n) is 6.61. The fraction of sp³-hybridized carbons (Fsp3) is 0.625. The van der Waals surface area contributed by atoms with Gasteiger partial charge in [0.1, 0.15) is 5.82 Å². The van der Waals surface area contributed by atoms with Crippen molar-refractivity contribution in [2.75, 3.05) is 46.9 Å². The van der Waals surface area contributed by atoms with Crippen LogP contribution in [0.5, 0.6) is 0 Å². The Bertz CT molecular complexity index is 462. The molecule has 0 aliphatic carbocycles. The van der Waals surface area contributed by atoms with Crippen LogP contribution >= 0.6 is 0 Å². The molecule has 3 nitrogen and oxygen atoms in total. The van der Waals surface area contributed by atoms with E-state index < -0.39 is 0 Å². The van der Waals surface area contributed by atoms with Crippen LogP contribution in [0.1, 0.15) is 5.56 Å². The topological polar surface area (TPSA) is 15.7 Å². The van der Waals surface area contributed by atoms with Crippen LogP contribution in [0.15, 0.2) is 24.3 Å². The minimum Gasteiger partial charge on any atom is -0.380 e. The number of rotatable bonds is 4.